The average molecular weight is 273 g/mol. The number of hydrogen-bond acceptors (Lipinski definition) is 4. The van der Waals surface area contributed by atoms with Gasteiger partial charge < -0.3 is 9.84 Å². The molecule has 0 bridgehead atoms. The van der Waals surface area contributed by atoms with E-state index in [0.717, 1.165) is 0 Å². The number of sulfonamides is 1. The summed E-state index contributed by atoms with van der Waals surface area (Å²) in [5.74, 6) is -2.07. The van der Waals surface area contributed by atoms with Gasteiger partial charge in [0.15, 0.2) is 0 Å². The Morgan fingerprint density at radius 3 is 2.72 bits per heavy atom. The van der Waals surface area contributed by atoms with Gasteiger partial charge in [0.25, 0.3) is 0 Å². The van der Waals surface area contributed by atoms with Crippen LogP contribution in [0, 0.1) is 5.92 Å². The highest BCUT2D eigenvalue weighted by Gasteiger charge is 2.20. The van der Waals surface area contributed by atoms with E-state index in [9.17, 15) is 13.2 Å². The number of carboxylic acids is 1. The van der Waals surface area contributed by atoms with Gasteiger partial charge in [-0.1, -0.05) is 13.0 Å². The summed E-state index contributed by atoms with van der Waals surface area (Å²) in [6, 6.07) is 6.39. The van der Waals surface area contributed by atoms with E-state index in [1.165, 1.54) is 20.1 Å². The van der Waals surface area contributed by atoms with Crippen molar-refractivity contribution in [2.45, 2.75) is 6.92 Å². The maximum absolute atomic E-state index is 11.7. The Morgan fingerprint density at radius 1 is 1.50 bits per heavy atom. The molecule has 0 saturated carbocycles. The minimum absolute atomic E-state index is 0.340. The Bertz CT molecular complexity index is 526. The van der Waals surface area contributed by atoms with E-state index < -0.39 is 27.7 Å². The number of hydrogen-bond donors (Lipinski definition) is 2. The monoisotopic (exact) mass is 273 g/mol. The third-order valence-corrected chi connectivity index (χ3v) is 3.72. The second-order valence-corrected chi connectivity index (χ2v) is 5.62. The minimum Gasteiger partial charge on any atom is -0.497 e. The molecule has 0 aliphatic carbocycles. The van der Waals surface area contributed by atoms with E-state index in [1.807, 2.05) is 0 Å². The lowest BCUT2D eigenvalue weighted by atomic mass is 10.2. The van der Waals surface area contributed by atoms with Crippen LogP contribution in [-0.4, -0.2) is 32.4 Å². The van der Waals surface area contributed by atoms with Crippen molar-refractivity contribution in [3.8, 4) is 5.75 Å². The highest BCUT2D eigenvalue weighted by molar-refractivity contribution is 7.92. The SMILES string of the molecule is COc1cccc(NS(=O)(=O)C[C@@H](C)C(=O)O)c1. The first-order valence-electron chi connectivity index (χ1n) is 5.21. The van der Waals surface area contributed by atoms with E-state index in [2.05, 4.69) is 4.72 Å². The Kier molecular flexibility index (Phi) is 4.55. The first-order chi connectivity index (χ1) is 8.34. The van der Waals surface area contributed by atoms with Crippen LogP contribution in [0.2, 0.25) is 0 Å². The molecule has 7 heteroatoms. The third kappa shape index (κ3) is 4.25. The molecule has 1 rings (SSSR count). The summed E-state index contributed by atoms with van der Waals surface area (Å²) >= 11 is 0. The first-order valence-corrected chi connectivity index (χ1v) is 6.86. The Hall–Kier alpha value is -1.76. The standard InChI is InChI=1S/C11H15NO5S/c1-8(11(13)14)7-18(15,16)12-9-4-3-5-10(6-9)17-2/h3-6,8,12H,7H2,1-2H3,(H,13,14)/t8-/m1/s1. The van der Waals surface area contributed by atoms with Gasteiger partial charge in [0.1, 0.15) is 5.75 Å². The van der Waals surface area contributed by atoms with Gasteiger partial charge in [0.2, 0.25) is 10.0 Å². The number of nitrogens with one attached hydrogen (secondary N) is 1. The number of ether oxygens (including phenoxy) is 1. The first kappa shape index (κ1) is 14.3. The molecular formula is C11H15NO5S. The van der Waals surface area contributed by atoms with E-state index in [-0.39, 0.29) is 0 Å². The fraction of sp³-hybridized carbons (Fsp3) is 0.364. The van der Waals surface area contributed by atoms with Crippen molar-refractivity contribution >= 4 is 21.7 Å². The van der Waals surface area contributed by atoms with Crippen LogP contribution in [0.15, 0.2) is 24.3 Å². The molecule has 1 atom stereocenters. The molecule has 6 nitrogen and oxygen atoms in total. The van der Waals surface area contributed by atoms with Crippen molar-refractivity contribution in [1.29, 1.82) is 0 Å². The van der Waals surface area contributed by atoms with Crippen LogP contribution in [0.25, 0.3) is 0 Å². The van der Waals surface area contributed by atoms with Gasteiger partial charge in [-0.05, 0) is 12.1 Å². The molecule has 0 fully saturated rings. The highest BCUT2D eigenvalue weighted by Crippen LogP contribution is 2.18. The molecule has 100 valence electrons. The molecule has 0 saturated heterocycles. The zero-order valence-corrected chi connectivity index (χ0v) is 10.9. The number of anilines is 1. The third-order valence-electron chi connectivity index (χ3n) is 2.23. The zero-order valence-electron chi connectivity index (χ0n) is 10.1. The van der Waals surface area contributed by atoms with E-state index >= 15 is 0 Å². The van der Waals surface area contributed by atoms with Gasteiger partial charge >= 0.3 is 5.97 Å². The number of rotatable bonds is 6. The minimum atomic E-state index is -3.69. The Balaban J connectivity index is 2.79. The van der Waals surface area contributed by atoms with E-state index in [0.29, 0.717) is 11.4 Å². The Labute approximate surface area is 106 Å². The molecule has 0 aliphatic rings. The predicted octanol–water partition coefficient (Wildman–Crippen LogP) is 1.16. The highest BCUT2D eigenvalue weighted by atomic mass is 32.2. The zero-order chi connectivity index (χ0) is 13.8. The van der Waals surface area contributed by atoms with Gasteiger partial charge in [0, 0.05) is 6.07 Å². The van der Waals surface area contributed by atoms with Crippen molar-refractivity contribution in [1.82, 2.24) is 0 Å². The van der Waals surface area contributed by atoms with Crippen LogP contribution in [0.5, 0.6) is 5.75 Å². The fourth-order valence-electron chi connectivity index (χ4n) is 1.31. The largest absolute Gasteiger partial charge is 0.497 e. The van der Waals surface area contributed by atoms with Gasteiger partial charge in [-0.3, -0.25) is 9.52 Å². The summed E-state index contributed by atoms with van der Waals surface area (Å²) in [5.41, 5.74) is 0.340. The number of aliphatic carboxylic acids is 1. The van der Waals surface area contributed by atoms with Crippen LogP contribution >= 0.6 is 0 Å². The molecule has 1 aromatic carbocycles. The van der Waals surface area contributed by atoms with Crippen molar-refractivity contribution in [2.75, 3.05) is 17.6 Å². The Morgan fingerprint density at radius 2 is 2.17 bits per heavy atom. The number of benzene rings is 1. The molecule has 1 aromatic rings. The van der Waals surface area contributed by atoms with Crippen molar-refractivity contribution in [2.24, 2.45) is 5.92 Å². The summed E-state index contributed by atoms with van der Waals surface area (Å²) in [6.45, 7) is 1.34. The molecular weight excluding hydrogens is 258 g/mol. The quantitative estimate of drug-likeness (QED) is 0.811. The number of carboxylic acid groups (broad SMARTS) is 1. The average Bonchev–Trinajstić information content (AvgIpc) is 2.27. The normalized spacial score (nSPS) is 12.8. The number of methoxy groups -OCH3 is 1. The molecule has 2 N–H and O–H groups in total. The summed E-state index contributed by atoms with van der Waals surface area (Å²) in [6.07, 6.45) is 0. The molecule has 0 aromatic heterocycles. The smallest absolute Gasteiger partial charge is 0.307 e. The molecule has 0 heterocycles. The van der Waals surface area contributed by atoms with Crippen molar-refractivity contribution in [3.05, 3.63) is 24.3 Å². The van der Waals surface area contributed by atoms with Gasteiger partial charge in [-0.2, -0.15) is 0 Å². The molecule has 0 spiro atoms. The lowest BCUT2D eigenvalue weighted by Gasteiger charge is -2.11. The molecule has 0 unspecified atom stereocenters. The van der Waals surface area contributed by atoms with Gasteiger partial charge in [-0.25, -0.2) is 8.42 Å². The number of carbonyl (C=O) groups is 1. The summed E-state index contributed by atoms with van der Waals surface area (Å²) < 4.78 is 30.7. The molecule has 18 heavy (non-hydrogen) atoms. The lowest BCUT2D eigenvalue weighted by Crippen LogP contribution is -2.25. The van der Waals surface area contributed by atoms with E-state index in [4.69, 9.17) is 9.84 Å². The van der Waals surface area contributed by atoms with Gasteiger partial charge in [-0.15, -0.1) is 0 Å². The topological polar surface area (TPSA) is 92.7 Å². The summed E-state index contributed by atoms with van der Waals surface area (Å²) in [5, 5.41) is 8.68. The van der Waals surface area contributed by atoms with Gasteiger partial charge in [0.05, 0.1) is 24.5 Å². The van der Waals surface area contributed by atoms with Crippen LogP contribution in [0.1, 0.15) is 6.92 Å². The molecule has 0 amide bonds. The summed E-state index contributed by atoms with van der Waals surface area (Å²) in [4.78, 5) is 10.6. The second-order valence-electron chi connectivity index (χ2n) is 3.85. The summed E-state index contributed by atoms with van der Waals surface area (Å²) in [7, 11) is -2.22. The van der Waals surface area contributed by atoms with E-state index in [1.54, 1.807) is 18.2 Å². The maximum atomic E-state index is 11.7. The van der Waals surface area contributed by atoms with Crippen LogP contribution < -0.4 is 9.46 Å². The van der Waals surface area contributed by atoms with Crippen LogP contribution in [0.3, 0.4) is 0 Å². The molecule has 0 radical (unpaired) electrons. The molecule has 0 aliphatic heterocycles. The lowest BCUT2D eigenvalue weighted by molar-refractivity contribution is -0.140. The predicted molar refractivity (Wildman–Crippen MR) is 67.2 cm³/mol. The fourth-order valence-corrected chi connectivity index (χ4v) is 2.68. The van der Waals surface area contributed by atoms with Crippen LogP contribution in [-0.2, 0) is 14.8 Å². The second kappa shape index (κ2) is 5.72. The van der Waals surface area contributed by atoms with Crippen molar-refractivity contribution in [3.63, 3.8) is 0 Å². The van der Waals surface area contributed by atoms with Crippen molar-refractivity contribution < 1.29 is 23.1 Å². The van der Waals surface area contributed by atoms with Crippen LogP contribution in [0.4, 0.5) is 5.69 Å². The maximum Gasteiger partial charge on any atom is 0.307 e.